The maximum atomic E-state index is 14.7. The lowest BCUT2D eigenvalue weighted by molar-refractivity contribution is -0.132. The van der Waals surface area contributed by atoms with Gasteiger partial charge in [-0.15, -0.1) is 4.83 Å². The number of likely N-dealkylation sites (tertiary alicyclic amines) is 1. The quantitative estimate of drug-likeness (QED) is 0.451. The molecule has 0 saturated carbocycles. The van der Waals surface area contributed by atoms with Crippen LogP contribution in [0.4, 0.5) is 8.78 Å². The van der Waals surface area contributed by atoms with Crippen LogP contribution < -0.4 is 15.6 Å². The van der Waals surface area contributed by atoms with E-state index in [1.54, 1.807) is 18.0 Å². The number of amides is 2. The third-order valence-electron chi connectivity index (χ3n) is 5.99. The molecule has 190 valence electrons. The van der Waals surface area contributed by atoms with Crippen molar-refractivity contribution in [2.24, 2.45) is 5.92 Å². The second-order valence-electron chi connectivity index (χ2n) is 8.68. The molecule has 0 spiro atoms. The molecule has 1 fully saturated rings. The summed E-state index contributed by atoms with van der Waals surface area (Å²) in [5, 5.41) is 2.92. The maximum Gasteiger partial charge on any atom is 0.269 e. The molecule has 2 amide bonds. The normalized spacial score (nSPS) is 14.7. The van der Waals surface area contributed by atoms with E-state index in [9.17, 15) is 26.8 Å². The van der Waals surface area contributed by atoms with Crippen LogP contribution in [-0.2, 0) is 14.8 Å². The fourth-order valence-corrected chi connectivity index (χ4v) is 5.34. The molecule has 0 radical (unpaired) electrons. The van der Waals surface area contributed by atoms with Crippen molar-refractivity contribution in [3.05, 3.63) is 59.2 Å². The Morgan fingerprint density at radius 2 is 1.80 bits per heavy atom. The Morgan fingerprint density at radius 1 is 1.09 bits per heavy atom. The van der Waals surface area contributed by atoms with Crippen LogP contribution in [0.2, 0.25) is 0 Å². The van der Waals surface area contributed by atoms with Crippen molar-refractivity contribution >= 4 is 21.8 Å². The molecule has 0 aliphatic carbocycles. The van der Waals surface area contributed by atoms with Crippen molar-refractivity contribution in [2.45, 2.75) is 26.2 Å². The number of sulfonamides is 1. The predicted octanol–water partition coefficient (Wildman–Crippen LogP) is 2.35. The second kappa shape index (κ2) is 11.7. The first kappa shape index (κ1) is 26.7. The minimum Gasteiger partial charge on any atom is -0.343 e. The average molecular weight is 509 g/mol. The number of hydrogen-bond acceptors (Lipinski definition) is 5. The van der Waals surface area contributed by atoms with Gasteiger partial charge >= 0.3 is 0 Å². The zero-order chi connectivity index (χ0) is 25.6. The predicted molar refractivity (Wildman–Crippen MR) is 129 cm³/mol. The minimum absolute atomic E-state index is 0.0313. The average Bonchev–Trinajstić information content (AvgIpc) is 2.83. The molecule has 0 aromatic heterocycles. The first-order chi connectivity index (χ1) is 16.6. The highest BCUT2D eigenvalue weighted by Gasteiger charge is 2.27. The van der Waals surface area contributed by atoms with E-state index in [4.69, 9.17) is 0 Å². The molecule has 0 bridgehead atoms. The van der Waals surface area contributed by atoms with Crippen LogP contribution in [-0.4, -0.2) is 57.6 Å². The van der Waals surface area contributed by atoms with Gasteiger partial charge in [0.15, 0.2) is 0 Å². The smallest absolute Gasteiger partial charge is 0.269 e. The summed E-state index contributed by atoms with van der Waals surface area (Å²) in [5.74, 6) is -2.60. The number of benzene rings is 2. The lowest BCUT2D eigenvalue weighted by atomic mass is 9.99. The molecule has 35 heavy (non-hydrogen) atoms. The summed E-state index contributed by atoms with van der Waals surface area (Å²) in [5.41, 5.74) is 2.76. The van der Waals surface area contributed by atoms with E-state index >= 15 is 0 Å². The van der Waals surface area contributed by atoms with Gasteiger partial charge in [-0.1, -0.05) is 12.1 Å². The number of hydrogen-bond donors (Lipinski definition) is 3. The molecular weight excluding hydrogens is 478 g/mol. The van der Waals surface area contributed by atoms with Crippen LogP contribution in [0.25, 0.3) is 11.1 Å². The van der Waals surface area contributed by atoms with Gasteiger partial charge in [0.1, 0.15) is 11.6 Å². The number of halogens is 2. The van der Waals surface area contributed by atoms with Crippen LogP contribution in [0.3, 0.4) is 0 Å². The number of carbonyl (C=O) groups is 2. The van der Waals surface area contributed by atoms with Gasteiger partial charge in [-0.2, -0.15) is 0 Å². The summed E-state index contributed by atoms with van der Waals surface area (Å²) in [4.78, 5) is 28.5. The summed E-state index contributed by atoms with van der Waals surface area (Å²) >= 11 is 0. The zero-order valence-electron chi connectivity index (χ0n) is 19.7. The number of carbonyl (C=O) groups excluding carboxylic acids is 2. The lowest BCUT2D eigenvalue weighted by Gasteiger charge is -2.32. The van der Waals surface area contributed by atoms with Gasteiger partial charge in [-0.25, -0.2) is 17.2 Å². The first-order valence-corrected chi connectivity index (χ1v) is 13.0. The van der Waals surface area contributed by atoms with Gasteiger partial charge in [-0.3, -0.25) is 15.0 Å². The van der Waals surface area contributed by atoms with Crippen molar-refractivity contribution in [3.8, 4) is 11.1 Å². The summed E-state index contributed by atoms with van der Waals surface area (Å²) in [6, 6.07) is 8.40. The molecule has 3 rings (SSSR count). The standard InChI is InChI=1S/C24H30F2N4O4S/c1-16-12-19(18-4-3-5-20(25)13-18)14-21(23(16)26)24(32)28-29-35(33,34)15-17-7-10-30(11-8-17)22(31)6-9-27-2/h3-5,12-14,17,27,29H,6-11,15H2,1-2H3,(H,28,32). The number of hydrazine groups is 1. The van der Waals surface area contributed by atoms with Gasteiger partial charge in [0.2, 0.25) is 15.9 Å². The highest BCUT2D eigenvalue weighted by Crippen LogP contribution is 2.25. The highest BCUT2D eigenvalue weighted by atomic mass is 32.2. The molecule has 0 unspecified atom stereocenters. The Bertz CT molecular complexity index is 1180. The second-order valence-corrected chi connectivity index (χ2v) is 10.4. The van der Waals surface area contributed by atoms with Crippen LogP contribution in [0, 0.1) is 24.5 Å². The third-order valence-corrected chi connectivity index (χ3v) is 7.31. The van der Waals surface area contributed by atoms with Crippen molar-refractivity contribution in [1.29, 1.82) is 0 Å². The van der Waals surface area contributed by atoms with Gasteiger partial charge < -0.3 is 10.2 Å². The molecular formula is C24H30F2N4O4S. The highest BCUT2D eigenvalue weighted by molar-refractivity contribution is 7.89. The molecule has 2 aromatic carbocycles. The van der Waals surface area contributed by atoms with Gasteiger partial charge in [0, 0.05) is 26.1 Å². The topological polar surface area (TPSA) is 108 Å². The van der Waals surface area contributed by atoms with E-state index in [2.05, 4.69) is 10.7 Å². The van der Waals surface area contributed by atoms with Crippen LogP contribution >= 0.6 is 0 Å². The lowest BCUT2D eigenvalue weighted by Crippen LogP contribution is -2.46. The van der Waals surface area contributed by atoms with Crippen LogP contribution in [0.1, 0.15) is 35.2 Å². The summed E-state index contributed by atoms with van der Waals surface area (Å²) in [6.07, 6.45) is 1.46. The Kier molecular flexibility index (Phi) is 8.92. The largest absolute Gasteiger partial charge is 0.343 e. The van der Waals surface area contributed by atoms with E-state index in [0.29, 0.717) is 50.0 Å². The minimum atomic E-state index is -3.89. The van der Waals surface area contributed by atoms with E-state index < -0.39 is 27.6 Å². The number of aryl methyl sites for hydroxylation is 1. The monoisotopic (exact) mass is 508 g/mol. The van der Waals surface area contributed by atoms with Crippen LogP contribution in [0.5, 0.6) is 0 Å². The van der Waals surface area contributed by atoms with E-state index in [1.807, 2.05) is 4.83 Å². The van der Waals surface area contributed by atoms with E-state index in [0.717, 1.165) is 0 Å². The van der Waals surface area contributed by atoms with E-state index in [-0.39, 0.29) is 28.7 Å². The van der Waals surface area contributed by atoms with E-state index in [1.165, 1.54) is 37.3 Å². The molecule has 0 atom stereocenters. The molecule has 3 N–H and O–H groups in total. The Balaban J connectivity index is 1.59. The number of rotatable bonds is 9. The fraction of sp³-hybridized carbons (Fsp3) is 0.417. The van der Waals surface area contributed by atoms with Crippen molar-refractivity contribution in [2.75, 3.05) is 32.4 Å². The summed E-state index contributed by atoms with van der Waals surface area (Å²) < 4.78 is 53.3. The number of piperidine rings is 1. The fourth-order valence-electron chi connectivity index (χ4n) is 4.05. The third kappa shape index (κ3) is 7.30. The number of nitrogens with one attached hydrogen (secondary N) is 3. The van der Waals surface area contributed by atoms with Gasteiger partial charge in [0.05, 0.1) is 11.3 Å². The van der Waals surface area contributed by atoms with Crippen LogP contribution in [0.15, 0.2) is 36.4 Å². The molecule has 2 aromatic rings. The van der Waals surface area contributed by atoms with Gasteiger partial charge in [-0.05, 0) is 73.7 Å². The first-order valence-electron chi connectivity index (χ1n) is 11.4. The van der Waals surface area contributed by atoms with Crippen molar-refractivity contribution < 1.29 is 26.8 Å². The molecule has 1 aliphatic rings. The zero-order valence-corrected chi connectivity index (χ0v) is 20.6. The number of nitrogens with zero attached hydrogens (tertiary/aromatic N) is 1. The molecule has 8 nitrogen and oxygen atoms in total. The SMILES string of the molecule is CNCCC(=O)N1CCC(CS(=O)(=O)NNC(=O)c2cc(-c3cccc(F)c3)cc(C)c2F)CC1. The summed E-state index contributed by atoms with van der Waals surface area (Å²) in [7, 11) is -2.12. The molecule has 11 heteroatoms. The molecule has 1 aliphatic heterocycles. The summed E-state index contributed by atoms with van der Waals surface area (Å²) in [6.45, 7) is 3.01. The van der Waals surface area contributed by atoms with Crippen molar-refractivity contribution in [3.63, 3.8) is 0 Å². The van der Waals surface area contributed by atoms with Gasteiger partial charge in [0.25, 0.3) is 5.91 Å². The Morgan fingerprint density at radius 3 is 2.46 bits per heavy atom. The molecule has 1 saturated heterocycles. The Labute approximate surface area is 204 Å². The molecule has 1 heterocycles. The maximum absolute atomic E-state index is 14.7. The van der Waals surface area contributed by atoms with Crippen molar-refractivity contribution in [1.82, 2.24) is 20.5 Å². The Hall–Kier alpha value is -2.89.